The van der Waals surface area contributed by atoms with Crippen LogP contribution >= 0.6 is 0 Å². The van der Waals surface area contributed by atoms with Gasteiger partial charge in [0.05, 0.1) is 28.5 Å². The van der Waals surface area contributed by atoms with Crippen molar-refractivity contribution in [2.75, 3.05) is 11.1 Å². The fourth-order valence-electron chi connectivity index (χ4n) is 4.09. The summed E-state index contributed by atoms with van der Waals surface area (Å²) in [6, 6.07) is 10.8. The molecule has 2 aromatic heterocycles. The number of halogens is 3. The minimum Gasteiger partial charge on any atom is -0.507 e. The highest BCUT2D eigenvalue weighted by Gasteiger charge is 2.30. The average Bonchev–Trinajstić information content (AvgIpc) is 2.89. The number of aromatic hydroxyl groups is 1. The molecule has 0 saturated heterocycles. The molecule has 0 saturated carbocycles. The lowest BCUT2D eigenvalue weighted by Crippen LogP contribution is -2.13. The van der Waals surface area contributed by atoms with Crippen molar-refractivity contribution in [3.8, 4) is 28.1 Å². The number of rotatable bonds is 4. The van der Waals surface area contributed by atoms with Gasteiger partial charge in [-0.25, -0.2) is 9.97 Å². The van der Waals surface area contributed by atoms with Crippen molar-refractivity contribution < 1.29 is 23.1 Å². The highest BCUT2D eigenvalue weighted by molar-refractivity contribution is 6.06. The van der Waals surface area contributed by atoms with Gasteiger partial charge in [-0.15, -0.1) is 0 Å². The van der Waals surface area contributed by atoms with Gasteiger partial charge < -0.3 is 16.2 Å². The molecular weight excluding hydrogens is 497 g/mol. The molecule has 11 heteroatoms. The number of fused-ring (bicyclic) bond motifs is 1. The molecule has 0 atom stereocenters. The summed E-state index contributed by atoms with van der Waals surface area (Å²) in [7, 11) is 0. The normalized spacial score (nSPS) is 11.5. The van der Waals surface area contributed by atoms with E-state index in [1.807, 2.05) is 0 Å². The van der Waals surface area contributed by atoms with Gasteiger partial charge in [0.15, 0.2) is 0 Å². The van der Waals surface area contributed by atoms with Crippen LogP contribution in [0.15, 0.2) is 73.3 Å². The van der Waals surface area contributed by atoms with E-state index in [0.29, 0.717) is 27.7 Å². The number of phenolic OH excluding ortho intramolecular Hbond substituents is 1. The van der Waals surface area contributed by atoms with E-state index < -0.39 is 17.6 Å². The van der Waals surface area contributed by atoms with E-state index in [0.717, 1.165) is 17.7 Å². The number of alkyl halides is 3. The van der Waals surface area contributed by atoms with Crippen LogP contribution < -0.4 is 11.1 Å². The van der Waals surface area contributed by atoms with E-state index in [9.17, 15) is 23.1 Å². The second kappa shape index (κ2) is 9.43. The van der Waals surface area contributed by atoms with E-state index in [4.69, 9.17) is 5.73 Å². The summed E-state index contributed by atoms with van der Waals surface area (Å²) in [5.41, 5.74) is 7.74. The highest BCUT2D eigenvalue weighted by Crippen LogP contribution is 2.43. The van der Waals surface area contributed by atoms with Crippen molar-refractivity contribution in [3.05, 3.63) is 90.0 Å². The second-order valence-corrected chi connectivity index (χ2v) is 8.47. The Labute approximate surface area is 214 Å². The molecule has 0 unspecified atom stereocenters. The predicted octanol–water partition coefficient (Wildman–Crippen LogP) is 5.62. The highest BCUT2D eigenvalue weighted by atomic mass is 19.4. The lowest BCUT2D eigenvalue weighted by molar-refractivity contribution is -0.137. The fraction of sp³-hybridized carbons (Fsp3) is 0.0741. The number of nitrogens with two attached hydrogens (primary N) is 1. The summed E-state index contributed by atoms with van der Waals surface area (Å²) < 4.78 is 39.2. The quantitative estimate of drug-likeness (QED) is 0.283. The minimum atomic E-state index is -4.54. The number of aryl methyl sites for hydroxylation is 1. The van der Waals surface area contributed by atoms with E-state index in [1.54, 1.807) is 31.2 Å². The number of nitrogen functional groups attached to an aromatic ring is 1. The molecule has 8 nitrogen and oxygen atoms in total. The van der Waals surface area contributed by atoms with Crippen LogP contribution in [-0.2, 0) is 6.18 Å². The first-order valence-corrected chi connectivity index (χ1v) is 11.3. The number of carbonyl (C=O) groups is 1. The Balaban J connectivity index is 1.60. The van der Waals surface area contributed by atoms with E-state index >= 15 is 0 Å². The largest absolute Gasteiger partial charge is 0.507 e. The molecule has 2 heterocycles. The van der Waals surface area contributed by atoms with Crippen LogP contribution in [-0.4, -0.2) is 30.9 Å². The molecule has 5 aromatic rings. The molecule has 3 aromatic carbocycles. The monoisotopic (exact) mass is 516 g/mol. The van der Waals surface area contributed by atoms with Gasteiger partial charge in [-0.1, -0.05) is 12.1 Å². The molecule has 0 aliphatic carbocycles. The molecule has 0 spiro atoms. The third-order valence-corrected chi connectivity index (χ3v) is 5.92. The average molecular weight is 516 g/mol. The number of nitrogens with zero attached hydrogens (tertiary/aromatic N) is 4. The number of benzene rings is 3. The van der Waals surface area contributed by atoms with Crippen LogP contribution in [0.1, 0.15) is 21.5 Å². The zero-order valence-electron chi connectivity index (χ0n) is 19.8. The molecule has 190 valence electrons. The van der Waals surface area contributed by atoms with Crippen molar-refractivity contribution in [1.29, 1.82) is 0 Å². The Morgan fingerprint density at radius 1 is 1.00 bits per heavy atom. The maximum absolute atomic E-state index is 13.1. The van der Waals surface area contributed by atoms with E-state index in [1.165, 1.54) is 36.9 Å². The Morgan fingerprint density at radius 2 is 1.82 bits per heavy atom. The fourth-order valence-corrected chi connectivity index (χ4v) is 4.09. The number of hydrogen-bond donors (Lipinski definition) is 3. The van der Waals surface area contributed by atoms with Crippen molar-refractivity contribution in [1.82, 2.24) is 19.9 Å². The predicted molar refractivity (Wildman–Crippen MR) is 136 cm³/mol. The molecule has 0 fully saturated rings. The first-order valence-electron chi connectivity index (χ1n) is 11.3. The smallest absolute Gasteiger partial charge is 0.416 e. The number of anilines is 2. The zero-order chi connectivity index (χ0) is 27.0. The standard InChI is InChI=1S/C27H19F3N6O2/c1-14-5-6-15(25(38)35-18-4-2-3-17(11-18)27(28,29)30)9-19(14)20-10-16-12-34-26(31)36-23(16)22(24(20)37)21-13-32-7-8-33-21/h2-13,37H,1H3,(H,35,38)(H2,31,34,36). The summed E-state index contributed by atoms with van der Waals surface area (Å²) in [5, 5.41) is 14.5. The van der Waals surface area contributed by atoms with E-state index in [2.05, 4.69) is 25.3 Å². The van der Waals surface area contributed by atoms with Crippen LogP contribution in [0.4, 0.5) is 24.8 Å². The summed E-state index contributed by atoms with van der Waals surface area (Å²) >= 11 is 0. The van der Waals surface area contributed by atoms with Crippen molar-refractivity contribution >= 4 is 28.4 Å². The van der Waals surface area contributed by atoms with Crippen LogP contribution in [0, 0.1) is 6.92 Å². The number of hydrogen-bond acceptors (Lipinski definition) is 7. The maximum Gasteiger partial charge on any atom is 0.416 e. The summed E-state index contributed by atoms with van der Waals surface area (Å²) in [6.45, 7) is 1.80. The summed E-state index contributed by atoms with van der Waals surface area (Å²) in [6.07, 6.45) is 1.41. The third-order valence-electron chi connectivity index (χ3n) is 5.92. The number of carbonyl (C=O) groups excluding carboxylic acids is 1. The first kappa shape index (κ1) is 24.6. The molecule has 0 radical (unpaired) electrons. The van der Waals surface area contributed by atoms with Gasteiger partial charge in [0.25, 0.3) is 5.91 Å². The van der Waals surface area contributed by atoms with Crippen molar-refractivity contribution in [3.63, 3.8) is 0 Å². The molecule has 1 amide bonds. The van der Waals surface area contributed by atoms with Gasteiger partial charge >= 0.3 is 6.18 Å². The number of amides is 1. The van der Waals surface area contributed by atoms with Crippen LogP contribution in [0.3, 0.4) is 0 Å². The molecule has 0 aliphatic rings. The minimum absolute atomic E-state index is 0.000165. The zero-order valence-corrected chi connectivity index (χ0v) is 19.8. The van der Waals surface area contributed by atoms with Gasteiger partial charge in [-0.3, -0.25) is 14.8 Å². The summed E-state index contributed by atoms with van der Waals surface area (Å²) in [4.78, 5) is 29.7. The Morgan fingerprint density at radius 3 is 2.55 bits per heavy atom. The molecule has 38 heavy (non-hydrogen) atoms. The molecule has 0 aliphatic heterocycles. The van der Waals surface area contributed by atoms with Gasteiger partial charge in [0.1, 0.15) is 5.75 Å². The van der Waals surface area contributed by atoms with Gasteiger partial charge in [0, 0.05) is 40.8 Å². The van der Waals surface area contributed by atoms with Crippen molar-refractivity contribution in [2.45, 2.75) is 13.1 Å². The Kier molecular flexibility index (Phi) is 6.11. The number of nitrogens with one attached hydrogen (secondary N) is 1. The lowest BCUT2D eigenvalue weighted by atomic mass is 9.93. The van der Waals surface area contributed by atoms with Gasteiger partial charge in [-0.05, 0) is 54.4 Å². The van der Waals surface area contributed by atoms with Crippen molar-refractivity contribution in [2.24, 2.45) is 0 Å². The molecular formula is C27H19F3N6O2. The van der Waals surface area contributed by atoms with Crippen LogP contribution in [0.25, 0.3) is 33.3 Å². The van der Waals surface area contributed by atoms with Crippen LogP contribution in [0.2, 0.25) is 0 Å². The Bertz CT molecular complexity index is 1690. The number of phenols is 1. The SMILES string of the molecule is Cc1ccc(C(=O)Nc2cccc(C(F)(F)F)c2)cc1-c1cc2cnc(N)nc2c(-c2cnccn2)c1O. The first-order chi connectivity index (χ1) is 18.1. The topological polar surface area (TPSA) is 127 Å². The molecule has 5 rings (SSSR count). The third kappa shape index (κ3) is 4.69. The second-order valence-electron chi connectivity index (χ2n) is 8.47. The summed E-state index contributed by atoms with van der Waals surface area (Å²) in [5.74, 6) is -0.759. The van der Waals surface area contributed by atoms with E-state index in [-0.39, 0.29) is 28.5 Å². The lowest BCUT2D eigenvalue weighted by Gasteiger charge is -2.16. The maximum atomic E-state index is 13.1. The van der Waals surface area contributed by atoms with Crippen LogP contribution in [0.5, 0.6) is 5.75 Å². The number of aromatic nitrogens is 4. The molecule has 0 bridgehead atoms. The van der Waals surface area contributed by atoms with Gasteiger partial charge in [-0.2, -0.15) is 13.2 Å². The Hall–Kier alpha value is -5.06. The molecule has 4 N–H and O–H groups in total. The van der Waals surface area contributed by atoms with Gasteiger partial charge in [0.2, 0.25) is 5.95 Å².